The van der Waals surface area contributed by atoms with Crippen molar-refractivity contribution < 1.29 is 23.1 Å². The van der Waals surface area contributed by atoms with Crippen LogP contribution in [0.2, 0.25) is 0 Å². The number of ether oxygens (including phenoxy) is 1. The second-order valence-electron chi connectivity index (χ2n) is 7.01. The first-order chi connectivity index (χ1) is 13.3. The number of piperidine rings is 1. The van der Waals surface area contributed by atoms with E-state index in [0.717, 1.165) is 25.9 Å². The number of carboxylic acid groups (broad SMARTS) is 1. The lowest BCUT2D eigenvalue weighted by atomic mass is 9.99. The van der Waals surface area contributed by atoms with Crippen molar-refractivity contribution in [2.45, 2.75) is 24.7 Å². The average Bonchev–Trinajstić information content (AvgIpc) is 2.67. The third-order valence-electron chi connectivity index (χ3n) is 4.86. The van der Waals surface area contributed by atoms with Crippen molar-refractivity contribution in [2.24, 2.45) is 5.92 Å². The van der Waals surface area contributed by atoms with Crippen molar-refractivity contribution in [2.75, 3.05) is 29.8 Å². The van der Waals surface area contributed by atoms with Crippen LogP contribution in [0.4, 0.5) is 11.4 Å². The summed E-state index contributed by atoms with van der Waals surface area (Å²) in [6.07, 6.45) is 2.13. The minimum atomic E-state index is -3.88. The minimum Gasteiger partial charge on any atom is -0.497 e. The van der Waals surface area contributed by atoms with Gasteiger partial charge in [0.25, 0.3) is 10.0 Å². The Labute approximate surface area is 165 Å². The quantitative estimate of drug-likeness (QED) is 0.766. The van der Waals surface area contributed by atoms with E-state index >= 15 is 0 Å². The fourth-order valence-electron chi connectivity index (χ4n) is 3.39. The number of anilines is 2. The van der Waals surface area contributed by atoms with Gasteiger partial charge in [-0.1, -0.05) is 6.92 Å². The molecule has 0 aromatic heterocycles. The third-order valence-corrected chi connectivity index (χ3v) is 6.24. The van der Waals surface area contributed by atoms with Gasteiger partial charge in [0.2, 0.25) is 0 Å². The zero-order valence-corrected chi connectivity index (χ0v) is 16.7. The second kappa shape index (κ2) is 8.10. The van der Waals surface area contributed by atoms with Crippen molar-refractivity contribution in [3.05, 3.63) is 48.0 Å². The molecule has 1 unspecified atom stereocenters. The third kappa shape index (κ3) is 4.39. The molecule has 3 rings (SSSR count). The minimum absolute atomic E-state index is 0.0289. The molecule has 8 heteroatoms. The summed E-state index contributed by atoms with van der Waals surface area (Å²) in [6.45, 7) is 3.75. The maximum atomic E-state index is 12.9. The van der Waals surface area contributed by atoms with Gasteiger partial charge in [-0.3, -0.25) is 4.72 Å². The molecule has 1 aliphatic rings. The summed E-state index contributed by atoms with van der Waals surface area (Å²) in [5, 5.41) is 9.32. The Bertz CT molecular complexity index is 957. The molecule has 2 aromatic carbocycles. The van der Waals surface area contributed by atoms with Crippen LogP contribution in [0.3, 0.4) is 0 Å². The number of aromatic carboxylic acids is 1. The molecule has 150 valence electrons. The van der Waals surface area contributed by atoms with E-state index in [-0.39, 0.29) is 16.1 Å². The molecule has 1 saturated heterocycles. The van der Waals surface area contributed by atoms with E-state index in [4.69, 9.17) is 4.74 Å². The van der Waals surface area contributed by atoms with E-state index in [0.29, 0.717) is 17.4 Å². The van der Waals surface area contributed by atoms with Gasteiger partial charge in [0.15, 0.2) is 0 Å². The molecule has 1 heterocycles. The first-order valence-corrected chi connectivity index (χ1v) is 10.6. The van der Waals surface area contributed by atoms with Crippen molar-refractivity contribution in [3.63, 3.8) is 0 Å². The van der Waals surface area contributed by atoms with Crippen LogP contribution < -0.4 is 14.4 Å². The topological polar surface area (TPSA) is 95.9 Å². The van der Waals surface area contributed by atoms with Crippen LogP contribution in [0.25, 0.3) is 0 Å². The van der Waals surface area contributed by atoms with E-state index < -0.39 is 16.0 Å². The SMILES string of the molecule is COc1ccc(S(=O)(=O)Nc2cc(C(=O)O)ccc2N2CCCC(C)C2)cc1. The average molecular weight is 404 g/mol. The van der Waals surface area contributed by atoms with E-state index in [9.17, 15) is 18.3 Å². The normalized spacial score (nSPS) is 17.2. The summed E-state index contributed by atoms with van der Waals surface area (Å²) >= 11 is 0. The number of nitrogens with zero attached hydrogens (tertiary/aromatic N) is 1. The maximum absolute atomic E-state index is 12.9. The molecule has 2 aromatic rings. The summed E-state index contributed by atoms with van der Waals surface area (Å²) in [5.74, 6) is -0.0720. The van der Waals surface area contributed by atoms with Crippen LogP contribution in [-0.4, -0.2) is 39.7 Å². The molecule has 0 amide bonds. The Kier molecular flexibility index (Phi) is 5.79. The first-order valence-electron chi connectivity index (χ1n) is 9.09. The molecule has 1 aliphatic heterocycles. The lowest BCUT2D eigenvalue weighted by molar-refractivity contribution is 0.0697. The molecule has 28 heavy (non-hydrogen) atoms. The van der Waals surface area contributed by atoms with E-state index in [1.807, 2.05) is 0 Å². The molecular formula is C20H24N2O5S. The summed E-state index contributed by atoms with van der Waals surface area (Å²) in [4.78, 5) is 13.6. The van der Waals surface area contributed by atoms with Crippen molar-refractivity contribution in [3.8, 4) is 5.75 Å². The molecule has 0 radical (unpaired) electrons. The number of methoxy groups -OCH3 is 1. The monoisotopic (exact) mass is 404 g/mol. The Balaban J connectivity index is 1.97. The summed E-state index contributed by atoms with van der Waals surface area (Å²) < 4.78 is 33.4. The molecule has 0 saturated carbocycles. The number of nitrogens with one attached hydrogen (secondary N) is 1. The number of sulfonamides is 1. The summed E-state index contributed by atoms with van der Waals surface area (Å²) in [6, 6.07) is 10.6. The van der Waals surface area contributed by atoms with Gasteiger partial charge in [-0.2, -0.15) is 0 Å². The Hall–Kier alpha value is -2.74. The second-order valence-corrected chi connectivity index (χ2v) is 8.69. The zero-order valence-electron chi connectivity index (χ0n) is 15.9. The lowest BCUT2D eigenvalue weighted by Crippen LogP contribution is -2.35. The van der Waals surface area contributed by atoms with Crippen molar-refractivity contribution >= 4 is 27.4 Å². The van der Waals surface area contributed by atoms with Crippen molar-refractivity contribution in [1.29, 1.82) is 0 Å². The highest BCUT2D eigenvalue weighted by Crippen LogP contribution is 2.32. The number of rotatable bonds is 6. The fraction of sp³-hybridized carbons (Fsp3) is 0.350. The van der Waals surface area contributed by atoms with Crippen LogP contribution >= 0.6 is 0 Å². The Morgan fingerprint density at radius 2 is 1.93 bits per heavy atom. The molecule has 0 aliphatic carbocycles. The number of carbonyl (C=O) groups is 1. The predicted molar refractivity (Wildman–Crippen MR) is 108 cm³/mol. The Morgan fingerprint density at radius 1 is 1.21 bits per heavy atom. The van der Waals surface area contributed by atoms with Gasteiger partial charge in [-0.15, -0.1) is 0 Å². The summed E-state index contributed by atoms with van der Waals surface area (Å²) in [7, 11) is -2.38. The number of carboxylic acids is 1. The van der Waals surface area contributed by atoms with Crippen LogP contribution in [0.5, 0.6) is 5.75 Å². The number of hydrogen-bond donors (Lipinski definition) is 2. The molecule has 1 fully saturated rings. The van der Waals surface area contributed by atoms with E-state index in [1.54, 1.807) is 18.2 Å². The van der Waals surface area contributed by atoms with Crippen LogP contribution in [-0.2, 0) is 10.0 Å². The molecule has 1 atom stereocenters. The molecule has 0 bridgehead atoms. The maximum Gasteiger partial charge on any atom is 0.335 e. The molecule has 2 N–H and O–H groups in total. The van der Waals surface area contributed by atoms with Gasteiger partial charge in [-0.25, -0.2) is 13.2 Å². The van der Waals surface area contributed by atoms with E-state index in [1.165, 1.54) is 31.4 Å². The number of benzene rings is 2. The van der Waals surface area contributed by atoms with E-state index in [2.05, 4.69) is 16.5 Å². The highest BCUT2D eigenvalue weighted by Gasteiger charge is 2.23. The van der Waals surface area contributed by atoms with Gasteiger partial charge in [0, 0.05) is 13.1 Å². The van der Waals surface area contributed by atoms with Crippen LogP contribution in [0.15, 0.2) is 47.4 Å². The highest BCUT2D eigenvalue weighted by molar-refractivity contribution is 7.92. The highest BCUT2D eigenvalue weighted by atomic mass is 32.2. The standard InChI is InChI=1S/C20H24N2O5S/c1-14-4-3-11-22(13-14)19-10-5-15(20(23)24)12-18(19)21-28(25,26)17-8-6-16(27-2)7-9-17/h5-10,12,14,21H,3-4,11,13H2,1-2H3,(H,23,24). The predicted octanol–water partition coefficient (Wildman–Crippen LogP) is 3.43. The van der Waals surface area contributed by atoms with Gasteiger partial charge in [-0.05, 0) is 61.2 Å². The first kappa shape index (κ1) is 20.0. The van der Waals surface area contributed by atoms with Crippen LogP contribution in [0, 0.1) is 5.92 Å². The smallest absolute Gasteiger partial charge is 0.335 e. The molecular weight excluding hydrogens is 380 g/mol. The molecule has 0 spiro atoms. The van der Waals surface area contributed by atoms with Gasteiger partial charge in [0.1, 0.15) is 5.75 Å². The van der Waals surface area contributed by atoms with Gasteiger partial charge >= 0.3 is 5.97 Å². The van der Waals surface area contributed by atoms with Crippen LogP contribution in [0.1, 0.15) is 30.1 Å². The lowest BCUT2D eigenvalue weighted by Gasteiger charge is -2.34. The van der Waals surface area contributed by atoms with Crippen molar-refractivity contribution in [1.82, 2.24) is 0 Å². The van der Waals surface area contributed by atoms with Gasteiger partial charge < -0.3 is 14.7 Å². The largest absolute Gasteiger partial charge is 0.497 e. The van der Waals surface area contributed by atoms with Gasteiger partial charge in [0.05, 0.1) is 28.9 Å². The Morgan fingerprint density at radius 3 is 2.54 bits per heavy atom. The summed E-state index contributed by atoms with van der Waals surface area (Å²) in [5.41, 5.74) is 0.986. The fourth-order valence-corrected chi connectivity index (χ4v) is 4.46. The number of hydrogen-bond acceptors (Lipinski definition) is 5. The zero-order chi connectivity index (χ0) is 20.3. The molecule has 7 nitrogen and oxygen atoms in total.